The summed E-state index contributed by atoms with van der Waals surface area (Å²) in [6.07, 6.45) is 8.92. The molecule has 0 spiro atoms. The Hall–Kier alpha value is -2.04. The largest absolute Gasteiger partial charge is 0.335 e. The van der Waals surface area contributed by atoms with Crippen molar-refractivity contribution >= 4 is 45.1 Å². The lowest BCUT2D eigenvalue weighted by Crippen LogP contribution is -2.33. The number of hydrogen-bond donors (Lipinski definition) is 0. The minimum atomic E-state index is 0.989. The lowest BCUT2D eigenvalue weighted by atomic mass is 10.1. The lowest BCUT2D eigenvalue weighted by Gasteiger charge is -2.17. The molecule has 3 aromatic rings. The van der Waals surface area contributed by atoms with Crippen LogP contribution in [-0.4, -0.2) is 6.54 Å². The zero-order valence-electron chi connectivity index (χ0n) is 17.7. The van der Waals surface area contributed by atoms with Crippen molar-refractivity contribution in [3.63, 3.8) is 0 Å². The van der Waals surface area contributed by atoms with E-state index < -0.39 is 0 Å². The van der Waals surface area contributed by atoms with Crippen LogP contribution in [0, 0.1) is 0 Å². The molecule has 0 bridgehead atoms. The number of allylic oxidation sites excluding steroid dienone is 2. The number of thiazole rings is 1. The van der Waals surface area contributed by atoms with Crippen molar-refractivity contribution in [1.82, 2.24) is 0 Å². The predicted octanol–water partition coefficient (Wildman–Crippen LogP) is 6.82. The maximum Gasteiger partial charge on any atom is 0.262 e. The third-order valence-electron chi connectivity index (χ3n) is 5.52. The molecule has 1 aromatic heterocycles. The molecular weight excluding hydrogens is 392 g/mol. The average Bonchev–Trinajstić information content (AvgIpc) is 3.29. The first-order chi connectivity index (χ1) is 14.2. The number of nitrogens with zero attached hydrogens (tertiary/aromatic N) is 2. The Morgan fingerprint density at radius 1 is 0.966 bits per heavy atom. The van der Waals surface area contributed by atoms with Gasteiger partial charge in [0.2, 0.25) is 5.52 Å². The van der Waals surface area contributed by atoms with Crippen LogP contribution >= 0.6 is 23.1 Å². The van der Waals surface area contributed by atoms with Crippen LogP contribution in [0.5, 0.6) is 0 Å². The van der Waals surface area contributed by atoms with Crippen molar-refractivity contribution in [3.8, 4) is 0 Å². The first-order valence-corrected chi connectivity index (χ1v) is 12.2. The van der Waals surface area contributed by atoms with Crippen LogP contribution in [0.4, 0.5) is 5.69 Å². The van der Waals surface area contributed by atoms with Crippen molar-refractivity contribution in [3.05, 3.63) is 69.7 Å². The summed E-state index contributed by atoms with van der Waals surface area (Å²) in [6, 6.07) is 13.7. The maximum absolute atomic E-state index is 2.41. The van der Waals surface area contributed by atoms with E-state index in [0.717, 1.165) is 25.9 Å². The highest BCUT2D eigenvalue weighted by atomic mass is 32.2. The second-order valence-corrected chi connectivity index (χ2v) is 9.33. The number of hydrogen-bond acceptors (Lipinski definition) is 3. The number of thioether (sulfide) groups is 1. The van der Waals surface area contributed by atoms with E-state index in [1.54, 1.807) is 0 Å². The van der Waals surface area contributed by atoms with E-state index in [2.05, 4.69) is 91.8 Å². The van der Waals surface area contributed by atoms with E-state index in [-0.39, 0.29) is 0 Å². The molecule has 29 heavy (non-hydrogen) atoms. The monoisotopic (exact) mass is 421 g/mol. The van der Waals surface area contributed by atoms with E-state index >= 15 is 0 Å². The molecule has 0 fully saturated rings. The van der Waals surface area contributed by atoms with Gasteiger partial charge < -0.3 is 4.90 Å². The Balaban J connectivity index is 1.63. The summed E-state index contributed by atoms with van der Waals surface area (Å²) >= 11 is 3.77. The highest BCUT2D eigenvalue weighted by Crippen LogP contribution is 2.46. The van der Waals surface area contributed by atoms with Gasteiger partial charge in [-0.15, -0.1) is 0 Å². The van der Waals surface area contributed by atoms with Gasteiger partial charge >= 0.3 is 0 Å². The summed E-state index contributed by atoms with van der Waals surface area (Å²) < 4.78 is 3.79. The number of aryl methyl sites for hydroxylation is 3. The summed E-state index contributed by atoms with van der Waals surface area (Å²) in [5.74, 6) is 0. The van der Waals surface area contributed by atoms with Gasteiger partial charge in [-0.2, -0.15) is 4.57 Å². The van der Waals surface area contributed by atoms with Gasteiger partial charge in [-0.25, -0.2) is 0 Å². The Bertz CT molecular complexity index is 1090. The molecule has 0 unspecified atom stereocenters. The molecule has 0 radical (unpaired) electrons. The smallest absolute Gasteiger partial charge is 0.262 e. The fraction of sp³-hybridized carbons (Fsp3) is 0.320. The van der Waals surface area contributed by atoms with E-state index in [1.165, 1.54) is 42.0 Å². The van der Waals surface area contributed by atoms with E-state index in [4.69, 9.17) is 0 Å². The molecule has 4 heteroatoms. The molecule has 4 rings (SSSR count). The van der Waals surface area contributed by atoms with Crippen LogP contribution in [0.1, 0.15) is 43.8 Å². The Kier molecular flexibility index (Phi) is 6.12. The molecule has 150 valence electrons. The SMILES string of the molecule is CCc1ccc2c(c1)S/C(=C\C=C\c1sc3cc(CC)ccc3[n+]1CC)N2CC. The van der Waals surface area contributed by atoms with Crippen LogP contribution in [0.25, 0.3) is 16.3 Å². The minimum absolute atomic E-state index is 0.989. The minimum Gasteiger partial charge on any atom is -0.335 e. The van der Waals surface area contributed by atoms with E-state index in [9.17, 15) is 0 Å². The number of fused-ring (bicyclic) bond motifs is 2. The lowest BCUT2D eigenvalue weighted by molar-refractivity contribution is -0.665. The molecule has 2 nitrogen and oxygen atoms in total. The van der Waals surface area contributed by atoms with Crippen molar-refractivity contribution in [1.29, 1.82) is 0 Å². The first kappa shape index (κ1) is 20.2. The van der Waals surface area contributed by atoms with Gasteiger partial charge in [0, 0.05) is 23.6 Å². The number of aromatic nitrogens is 1. The summed E-state index contributed by atoms with van der Waals surface area (Å²) in [4.78, 5) is 3.79. The highest BCUT2D eigenvalue weighted by molar-refractivity contribution is 8.03. The van der Waals surface area contributed by atoms with Crippen molar-refractivity contribution < 1.29 is 4.57 Å². The molecule has 0 saturated heterocycles. The van der Waals surface area contributed by atoms with Crippen molar-refractivity contribution in [2.45, 2.75) is 52.0 Å². The fourth-order valence-electron chi connectivity index (χ4n) is 3.85. The van der Waals surface area contributed by atoms with Crippen LogP contribution < -0.4 is 9.47 Å². The van der Waals surface area contributed by atoms with Crippen molar-refractivity contribution in [2.24, 2.45) is 0 Å². The van der Waals surface area contributed by atoms with Gasteiger partial charge in [-0.1, -0.05) is 55.2 Å². The summed E-state index contributed by atoms with van der Waals surface area (Å²) in [5.41, 5.74) is 5.49. The molecule has 1 aliphatic rings. The first-order valence-electron chi connectivity index (χ1n) is 10.6. The van der Waals surface area contributed by atoms with Gasteiger partial charge in [0.05, 0.1) is 10.7 Å². The van der Waals surface area contributed by atoms with Crippen molar-refractivity contribution in [2.75, 3.05) is 11.4 Å². The highest BCUT2D eigenvalue weighted by Gasteiger charge is 2.23. The Morgan fingerprint density at radius 2 is 1.72 bits per heavy atom. The standard InChI is InChI=1S/C25H29N2S2/c1-5-18-12-14-20-22(16-18)28-24(26(20)7-3)10-9-11-25-27(8-4)21-15-13-19(6-2)17-23(21)29-25/h9-17H,5-8H2,1-4H3/q+1. The second-order valence-electron chi connectivity index (χ2n) is 7.21. The maximum atomic E-state index is 2.41. The fourth-order valence-corrected chi connectivity index (χ4v) is 6.26. The molecule has 0 atom stereocenters. The van der Waals surface area contributed by atoms with E-state index in [0.29, 0.717) is 0 Å². The summed E-state index contributed by atoms with van der Waals surface area (Å²) in [6.45, 7) is 10.9. The van der Waals surface area contributed by atoms with Gasteiger partial charge in [-0.3, -0.25) is 0 Å². The number of anilines is 1. The van der Waals surface area contributed by atoms with Crippen LogP contribution in [0.2, 0.25) is 0 Å². The van der Waals surface area contributed by atoms with E-state index in [1.807, 2.05) is 23.1 Å². The number of benzene rings is 2. The Morgan fingerprint density at radius 3 is 2.45 bits per heavy atom. The third-order valence-corrected chi connectivity index (χ3v) is 7.74. The normalized spacial score (nSPS) is 15.2. The zero-order valence-corrected chi connectivity index (χ0v) is 19.4. The molecule has 2 heterocycles. The zero-order chi connectivity index (χ0) is 20.4. The predicted molar refractivity (Wildman–Crippen MR) is 129 cm³/mol. The summed E-state index contributed by atoms with van der Waals surface area (Å²) in [7, 11) is 0. The molecule has 0 aliphatic carbocycles. The van der Waals surface area contributed by atoms with Gasteiger partial charge in [0.1, 0.15) is 11.2 Å². The van der Waals surface area contributed by atoms with Crippen LogP contribution in [0.15, 0.2) is 58.5 Å². The second kappa shape index (κ2) is 8.76. The van der Waals surface area contributed by atoms with Gasteiger partial charge in [-0.05, 0) is 62.1 Å². The average molecular weight is 422 g/mol. The Labute approximate surface area is 182 Å². The number of rotatable bonds is 6. The summed E-state index contributed by atoms with van der Waals surface area (Å²) in [5, 5.41) is 2.62. The molecule has 2 aromatic carbocycles. The van der Waals surface area contributed by atoms with Gasteiger partial charge in [0.15, 0.2) is 0 Å². The molecule has 0 N–H and O–H groups in total. The molecule has 0 saturated carbocycles. The topological polar surface area (TPSA) is 7.12 Å². The molecule has 1 aliphatic heterocycles. The molecular formula is C25H29N2S2+. The third kappa shape index (κ3) is 3.88. The van der Waals surface area contributed by atoms with Gasteiger partial charge in [0.25, 0.3) is 5.01 Å². The van der Waals surface area contributed by atoms with Crippen LogP contribution in [0.3, 0.4) is 0 Å². The quantitative estimate of drug-likeness (QED) is 0.403. The van der Waals surface area contributed by atoms with Crippen LogP contribution in [-0.2, 0) is 19.4 Å². The molecule has 0 amide bonds.